The molecule has 0 radical (unpaired) electrons. The highest BCUT2D eigenvalue weighted by molar-refractivity contribution is 5.92. The van der Waals surface area contributed by atoms with Crippen molar-refractivity contribution in [3.63, 3.8) is 0 Å². The van der Waals surface area contributed by atoms with E-state index in [1.54, 1.807) is 17.9 Å². The first-order valence-electron chi connectivity index (χ1n) is 12.2. The lowest BCUT2D eigenvalue weighted by molar-refractivity contribution is -0.136. The van der Waals surface area contributed by atoms with Gasteiger partial charge in [0.2, 0.25) is 0 Å². The second-order valence-corrected chi connectivity index (χ2v) is 11.0. The van der Waals surface area contributed by atoms with E-state index in [9.17, 15) is 14.4 Å². The van der Waals surface area contributed by atoms with Gasteiger partial charge in [-0.05, 0) is 66.9 Å². The van der Waals surface area contributed by atoms with Crippen LogP contribution < -0.4 is 0 Å². The number of Topliss-reactive ketones (excluding diaryl/α,β-unsaturated/α-hetero) is 1. The van der Waals surface area contributed by atoms with Gasteiger partial charge in [0.1, 0.15) is 11.9 Å². The Morgan fingerprint density at radius 1 is 1.19 bits per heavy atom. The molecule has 7 atom stereocenters. The van der Waals surface area contributed by atoms with E-state index in [1.165, 1.54) is 0 Å². The second-order valence-electron chi connectivity index (χ2n) is 11.0. The van der Waals surface area contributed by atoms with Gasteiger partial charge in [-0.3, -0.25) is 9.59 Å². The summed E-state index contributed by atoms with van der Waals surface area (Å²) in [6, 6.07) is 0. The summed E-state index contributed by atoms with van der Waals surface area (Å²) in [5.74, 6) is 1.22. The summed E-state index contributed by atoms with van der Waals surface area (Å²) in [6.45, 7) is 8.38. The van der Waals surface area contributed by atoms with E-state index >= 15 is 0 Å². The molecule has 2 saturated carbocycles. The van der Waals surface area contributed by atoms with Crippen molar-refractivity contribution >= 4 is 17.7 Å². The van der Waals surface area contributed by atoms with E-state index in [0.29, 0.717) is 45.1 Å². The van der Waals surface area contributed by atoms with E-state index in [1.807, 2.05) is 0 Å². The minimum absolute atomic E-state index is 0.0177. The van der Waals surface area contributed by atoms with Gasteiger partial charge in [0.25, 0.3) is 0 Å². The number of ether oxygens (including phenoxy) is 2. The van der Waals surface area contributed by atoms with Gasteiger partial charge in [-0.25, -0.2) is 4.79 Å². The van der Waals surface area contributed by atoms with Gasteiger partial charge in [0.15, 0.2) is 5.78 Å². The topological polar surface area (TPSA) is 72.9 Å². The molecule has 6 nitrogen and oxygen atoms in total. The van der Waals surface area contributed by atoms with Gasteiger partial charge in [0, 0.05) is 31.3 Å². The lowest BCUT2D eigenvalue weighted by Gasteiger charge is -2.58. The van der Waals surface area contributed by atoms with Crippen LogP contribution in [0.2, 0.25) is 0 Å². The van der Waals surface area contributed by atoms with Crippen LogP contribution in [0.5, 0.6) is 0 Å². The lowest BCUT2D eigenvalue weighted by Crippen LogP contribution is -2.57. The van der Waals surface area contributed by atoms with E-state index in [2.05, 4.69) is 26.0 Å². The van der Waals surface area contributed by atoms with Crippen LogP contribution in [0.25, 0.3) is 0 Å². The lowest BCUT2D eigenvalue weighted by atomic mass is 9.47. The predicted molar refractivity (Wildman–Crippen MR) is 119 cm³/mol. The summed E-state index contributed by atoms with van der Waals surface area (Å²) in [4.78, 5) is 39.7. The van der Waals surface area contributed by atoms with Crippen LogP contribution in [0.15, 0.2) is 23.8 Å². The number of ketones is 2. The van der Waals surface area contributed by atoms with Gasteiger partial charge >= 0.3 is 6.09 Å². The second kappa shape index (κ2) is 7.82. The number of hydrogen-bond donors (Lipinski definition) is 0. The van der Waals surface area contributed by atoms with Crippen molar-refractivity contribution < 1.29 is 23.9 Å². The maximum absolute atomic E-state index is 13.2. The van der Waals surface area contributed by atoms with Crippen LogP contribution in [0, 0.1) is 34.5 Å². The van der Waals surface area contributed by atoms with Crippen molar-refractivity contribution in [1.29, 1.82) is 0 Å². The Hall–Kier alpha value is -1.95. The molecule has 0 aromatic heterocycles. The molecule has 1 heterocycles. The molecule has 0 N–H and O–H groups in total. The molecule has 4 aliphatic carbocycles. The molecule has 0 aromatic carbocycles. The molecule has 3 fully saturated rings. The molecule has 6 heteroatoms. The molecule has 0 bridgehead atoms. The fourth-order valence-electron chi connectivity index (χ4n) is 7.82. The molecule has 174 valence electrons. The minimum Gasteiger partial charge on any atom is -0.446 e. The maximum Gasteiger partial charge on any atom is 0.410 e. The van der Waals surface area contributed by atoms with Crippen LogP contribution in [0.1, 0.15) is 52.9 Å². The van der Waals surface area contributed by atoms with E-state index in [4.69, 9.17) is 9.47 Å². The molecule has 5 rings (SSSR count). The number of allylic oxidation sites excluding steroid dienone is 4. The number of carbonyl (C=O) groups is 3. The molecule has 0 aromatic rings. The van der Waals surface area contributed by atoms with Crippen molar-refractivity contribution in [2.24, 2.45) is 34.5 Å². The monoisotopic (exact) mass is 441 g/mol. The Balaban J connectivity index is 1.53. The average Bonchev–Trinajstić information content (AvgIpc) is 3.11. The maximum atomic E-state index is 13.2. The highest BCUT2D eigenvalue weighted by Gasteiger charge is 2.63. The standard InChI is InChI=1S/C26H35NO5/c1-16(28)20-6-7-21-19-5-4-17-14-18(29)8-9-25(17,2)23(19)22(15-26(20,21)3)32-24(30)27-10-12-31-13-11-27/h4-5,14,19-23H,6-13,15H2,1-3H3/t19-,20+,21-,22-,23-,25+,26+/m0/s1. The zero-order valence-electron chi connectivity index (χ0n) is 19.5. The summed E-state index contributed by atoms with van der Waals surface area (Å²) >= 11 is 0. The molecule has 1 amide bonds. The third-order valence-corrected chi connectivity index (χ3v) is 9.44. The van der Waals surface area contributed by atoms with Crippen molar-refractivity contribution in [1.82, 2.24) is 4.90 Å². The predicted octanol–water partition coefficient (Wildman–Crippen LogP) is 3.95. The first-order chi connectivity index (χ1) is 15.2. The van der Waals surface area contributed by atoms with Crippen LogP contribution in [0.4, 0.5) is 4.79 Å². The van der Waals surface area contributed by atoms with E-state index < -0.39 is 0 Å². The highest BCUT2D eigenvalue weighted by Crippen LogP contribution is 2.65. The zero-order chi connectivity index (χ0) is 22.7. The third kappa shape index (κ3) is 3.28. The van der Waals surface area contributed by atoms with Crippen molar-refractivity contribution in [3.8, 4) is 0 Å². The summed E-state index contributed by atoms with van der Waals surface area (Å²) in [6.07, 6.45) is 9.65. The van der Waals surface area contributed by atoms with E-state index in [-0.39, 0.29) is 52.3 Å². The number of fused-ring (bicyclic) bond motifs is 5. The number of amides is 1. The molecular weight excluding hydrogens is 406 g/mol. The minimum atomic E-state index is -0.275. The van der Waals surface area contributed by atoms with Crippen LogP contribution in [-0.4, -0.2) is 55.0 Å². The molecule has 5 aliphatic rings. The Morgan fingerprint density at radius 3 is 2.66 bits per heavy atom. The molecule has 1 saturated heterocycles. The first-order valence-corrected chi connectivity index (χ1v) is 12.2. The molecular formula is C26H35NO5. The Kier molecular flexibility index (Phi) is 5.35. The molecule has 1 aliphatic heterocycles. The van der Waals surface area contributed by atoms with Crippen molar-refractivity contribution in [2.75, 3.05) is 26.3 Å². The number of hydrogen-bond acceptors (Lipinski definition) is 5. The van der Waals surface area contributed by atoms with Gasteiger partial charge in [-0.1, -0.05) is 26.0 Å². The van der Waals surface area contributed by atoms with E-state index in [0.717, 1.165) is 24.8 Å². The molecule has 0 spiro atoms. The zero-order valence-corrected chi connectivity index (χ0v) is 19.5. The van der Waals surface area contributed by atoms with Crippen molar-refractivity contribution in [2.45, 2.75) is 59.0 Å². The number of nitrogens with zero attached hydrogens (tertiary/aromatic N) is 1. The number of morpholine rings is 1. The quantitative estimate of drug-likeness (QED) is 0.649. The van der Waals surface area contributed by atoms with Gasteiger partial charge in [0.05, 0.1) is 13.2 Å². The summed E-state index contributed by atoms with van der Waals surface area (Å²) in [7, 11) is 0. The van der Waals surface area contributed by atoms with Gasteiger partial charge in [-0.15, -0.1) is 0 Å². The highest BCUT2D eigenvalue weighted by atomic mass is 16.6. The fraction of sp³-hybridized carbons (Fsp3) is 0.731. The summed E-state index contributed by atoms with van der Waals surface area (Å²) < 4.78 is 11.7. The number of rotatable bonds is 2. The molecule has 0 unspecified atom stereocenters. The fourth-order valence-corrected chi connectivity index (χ4v) is 7.82. The first kappa shape index (κ1) is 21.9. The van der Waals surface area contributed by atoms with Crippen LogP contribution in [-0.2, 0) is 19.1 Å². The molecule has 32 heavy (non-hydrogen) atoms. The average molecular weight is 442 g/mol. The Morgan fingerprint density at radius 2 is 1.94 bits per heavy atom. The smallest absolute Gasteiger partial charge is 0.410 e. The Labute approximate surface area is 190 Å². The van der Waals surface area contributed by atoms with Gasteiger partial charge in [-0.2, -0.15) is 0 Å². The van der Waals surface area contributed by atoms with Crippen LogP contribution in [0.3, 0.4) is 0 Å². The Bertz CT molecular complexity index is 887. The summed E-state index contributed by atoms with van der Waals surface area (Å²) in [5, 5.41) is 0. The normalized spacial score (nSPS) is 43.1. The summed E-state index contributed by atoms with van der Waals surface area (Å²) in [5.41, 5.74) is 0.709. The third-order valence-electron chi connectivity index (χ3n) is 9.44. The number of carbonyl (C=O) groups excluding carboxylic acids is 3. The largest absolute Gasteiger partial charge is 0.446 e. The van der Waals surface area contributed by atoms with Crippen LogP contribution >= 0.6 is 0 Å². The van der Waals surface area contributed by atoms with Crippen molar-refractivity contribution in [3.05, 3.63) is 23.8 Å². The SMILES string of the molecule is CC(=O)[C@H]1CC[C@H]2[C@@H]3C=CC4=CC(=O)CC[C@@]4(C)[C@@H]3[C@@H](OC(=O)N3CCOCC3)C[C@]12C. The van der Waals surface area contributed by atoms with Gasteiger partial charge < -0.3 is 14.4 Å².